The number of piperidine rings is 1. The Kier molecular flexibility index (Phi) is 7.55. The summed E-state index contributed by atoms with van der Waals surface area (Å²) < 4.78 is 0. The summed E-state index contributed by atoms with van der Waals surface area (Å²) in [6, 6.07) is 16.5. The molecule has 2 aromatic rings. The molecule has 1 atom stereocenters. The van der Waals surface area contributed by atoms with Gasteiger partial charge in [0, 0.05) is 42.1 Å². The maximum atomic E-state index is 13.0. The zero-order valence-electron chi connectivity index (χ0n) is 18.1. The molecule has 0 aromatic heterocycles. The first-order valence-electron chi connectivity index (χ1n) is 11.3. The highest BCUT2D eigenvalue weighted by Gasteiger charge is 2.33. The van der Waals surface area contributed by atoms with E-state index in [-0.39, 0.29) is 12.1 Å². The highest BCUT2D eigenvalue weighted by Crippen LogP contribution is 2.32. The van der Waals surface area contributed by atoms with Gasteiger partial charge in [0.05, 0.1) is 6.04 Å². The number of carbonyl (C=O) groups is 1. The van der Waals surface area contributed by atoms with Crippen LogP contribution >= 0.6 is 23.2 Å². The normalized spacial score (nSPS) is 20.9. The molecule has 2 heterocycles. The summed E-state index contributed by atoms with van der Waals surface area (Å²) in [6.07, 6.45) is 2.90. The van der Waals surface area contributed by atoms with E-state index in [0.717, 1.165) is 55.6 Å². The van der Waals surface area contributed by atoms with Crippen LogP contribution in [0.4, 0.5) is 0 Å². The molecule has 1 amide bonds. The summed E-state index contributed by atoms with van der Waals surface area (Å²) in [5.74, 6) is 0.837. The van der Waals surface area contributed by atoms with Crippen molar-refractivity contribution in [3.8, 4) is 0 Å². The quantitative estimate of drug-likeness (QED) is 0.682. The van der Waals surface area contributed by atoms with Crippen molar-refractivity contribution in [3.63, 3.8) is 0 Å². The van der Waals surface area contributed by atoms with Gasteiger partial charge >= 0.3 is 0 Å². The summed E-state index contributed by atoms with van der Waals surface area (Å²) >= 11 is 12.3. The first-order valence-corrected chi connectivity index (χ1v) is 12.0. The third-order valence-corrected chi connectivity index (χ3v) is 7.14. The minimum Gasteiger partial charge on any atom is -0.337 e. The number of hydrogen-bond donors (Lipinski definition) is 1. The monoisotopic (exact) mass is 459 g/mol. The average Bonchev–Trinajstić information content (AvgIpc) is 2.77. The zero-order valence-corrected chi connectivity index (χ0v) is 19.6. The SMILES string of the molecule is CC1CN(C(c2ccc(Cl)cc2)c2ccc(Cl)cc2)CCN1C(=O)CC1CCNCC1. The molecule has 0 aliphatic carbocycles. The molecule has 0 spiro atoms. The number of carbonyl (C=O) groups excluding carboxylic acids is 1. The first kappa shape index (κ1) is 22.6. The molecule has 0 radical (unpaired) electrons. The van der Waals surface area contributed by atoms with E-state index in [1.54, 1.807) is 0 Å². The van der Waals surface area contributed by atoms with Crippen molar-refractivity contribution in [2.45, 2.75) is 38.3 Å². The van der Waals surface area contributed by atoms with Gasteiger partial charge in [-0.2, -0.15) is 0 Å². The van der Waals surface area contributed by atoms with Crippen molar-refractivity contribution in [2.24, 2.45) is 5.92 Å². The van der Waals surface area contributed by atoms with Gasteiger partial charge in [-0.15, -0.1) is 0 Å². The molecule has 1 unspecified atom stereocenters. The molecular formula is C25H31Cl2N3O. The first-order chi connectivity index (χ1) is 15.0. The molecule has 2 fully saturated rings. The minimum absolute atomic E-state index is 0.110. The second-order valence-electron chi connectivity index (χ2n) is 8.83. The summed E-state index contributed by atoms with van der Waals surface area (Å²) in [7, 11) is 0. The Bertz CT molecular complexity index is 820. The molecule has 2 aliphatic heterocycles. The number of nitrogens with zero attached hydrogens (tertiary/aromatic N) is 2. The van der Waals surface area contributed by atoms with E-state index in [2.05, 4.69) is 46.3 Å². The van der Waals surface area contributed by atoms with E-state index in [4.69, 9.17) is 23.2 Å². The van der Waals surface area contributed by atoms with Crippen LogP contribution in [0.2, 0.25) is 10.0 Å². The molecule has 31 heavy (non-hydrogen) atoms. The molecule has 0 saturated carbocycles. The van der Waals surface area contributed by atoms with Gasteiger partial charge in [0.1, 0.15) is 0 Å². The Labute approximate surface area is 195 Å². The van der Waals surface area contributed by atoms with Crippen LogP contribution in [0.3, 0.4) is 0 Å². The molecular weight excluding hydrogens is 429 g/mol. The van der Waals surface area contributed by atoms with Gasteiger partial charge in [-0.1, -0.05) is 47.5 Å². The fourth-order valence-electron chi connectivity index (χ4n) is 4.95. The second-order valence-corrected chi connectivity index (χ2v) is 9.71. The number of hydrogen-bond acceptors (Lipinski definition) is 3. The van der Waals surface area contributed by atoms with Crippen LogP contribution in [0.5, 0.6) is 0 Å². The molecule has 6 heteroatoms. The lowest BCUT2D eigenvalue weighted by Crippen LogP contribution is -2.55. The fraction of sp³-hybridized carbons (Fsp3) is 0.480. The van der Waals surface area contributed by atoms with Crippen molar-refractivity contribution in [1.29, 1.82) is 0 Å². The van der Waals surface area contributed by atoms with Gasteiger partial charge < -0.3 is 10.2 Å². The van der Waals surface area contributed by atoms with Crippen molar-refractivity contribution in [2.75, 3.05) is 32.7 Å². The van der Waals surface area contributed by atoms with Gasteiger partial charge in [-0.05, 0) is 74.2 Å². The molecule has 2 aromatic carbocycles. The van der Waals surface area contributed by atoms with Crippen molar-refractivity contribution >= 4 is 29.1 Å². The van der Waals surface area contributed by atoms with E-state index in [1.165, 1.54) is 11.1 Å². The van der Waals surface area contributed by atoms with E-state index >= 15 is 0 Å². The van der Waals surface area contributed by atoms with Gasteiger partial charge in [-0.3, -0.25) is 9.69 Å². The Balaban J connectivity index is 1.49. The number of rotatable bonds is 5. The second kappa shape index (κ2) is 10.4. The lowest BCUT2D eigenvalue weighted by Gasteiger charge is -2.44. The van der Waals surface area contributed by atoms with Crippen LogP contribution in [0, 0.1) is 5.92 Å². The van der Waals surface area contributed by atoms with Crippen LogP contribution < -0.4 is 5.32 Å². The van der Waals surface area contributed by atoms with Crippen molar-refractivity contribution < 1.29 is 4.79 Å². The van der Waals surface area contributed by atoms with Gasteiger partial charge in [-0.25, -0.2) is 0 Å². The number of benzene rings is 2. The van der Waals surface area contributed by atoms with E-state index in [9.17, 15) is 4.79 Å². The highest BCUT2D eigenvalue weighted by molar-refractivity contribution is 6.30. The molecule has 4 nitrogen and oxygen atoms in total. The summed E-state index contributed by atoms with van der Waals surface area (Å²) in [5.41, 5.74) is 2.40. The summed E-state index contributed by atoms with van der Waals surface area (Å²) in [4.78, 5) is 17.6. The summed E-state index contributed by atoms with van der Waals surface area (Å²) in [6.45, 7) is 6.69. The van der Waals surface area contributed by atoms with Crippen LogP contribution in [-0.4, -0.2) is 54.5 Å². The van der Waals surface area contributed by atoms with Gasteiger partial charge in [0.15, 0.2) is 0 Å². The van der Waals surface area contributed by atoms with E-state index < -0.39 is 0 Å². The van der Waals surface area contributed by atoms with Crippen LogP contribution in [0.15, 0.2) is 48.5 Å². The number of halogens is 2. The predicted octanol–water partition coefficient (Wildman–Crippen LogP) is 5.01. The third-order valence-electron chi connectivity index (χ3n) is 6.64. The van der Waals surface area contributed by atoms with Gasteiger partial charge in [0.2, 0.25) is 5.91 Å². The molecule has 166 valence electrons. The van der Waals surface area contributed by atoms with Crippen LogP contribution in [-0.2, 0) is 4.79 Å². The topological polar surface area (TPSA) is 35.6 Å². The Morgan fingerprint density at radius 2 is 1.52 bits per heavy atom. The molecule has 2 aliphatic rings. The molecule has 1 N–H and O–H groups in total. The molecule has 0 bridgehead atoms. The predicted molar refractivity (Wildman–Crippen MR) is 128 cm³/mol. The smallest absolute Gasteiger partial charge is 0.223 e. The lowest BCUT2D eigenvalue weighted by molar-refractivity contribution is -0.137. The van der Waals surface area contributed by atoms with Crippen molar-refractivity contribution in [3.05, 3.63) is 69.7 Å². The fourth-order valence-corrected chi connectivity index (χ4v) is 5.20. The third kappa shape index (κ3) is 5.61. The highest BCUT2D eigenvalue weighted by atomic mass is 35.5. The summed E-state index contributed by atoms with van der Waals surface area (Å²) in [5, 5.41) is 4.86. The van der Waals surface area contributed by atoms with Crippen molar-refractivity contribution in [1.82, 2.24) is 15.1 Å². The average molecular weight is 460 g/mol. The zero-order chi connectivity index (χ0) is 21.8. The minimum atomic E-state index is 0.110. The maximum absolute atomic E-state index is 13.0. The Hall–Kier alpha value is -1.59. The maximum Gasteiger partial charge on any atom is 0.223 e. The van der Waals surface area contributed by atoms with Crippen LogP contribution in [0.1, 0.15) is 43.4 Å². The molecule has 4 rings (SSSR count). The van der Waals surface area contributed by atoms with E-state index in [1.807, 2.05) is 24.3 Å². The van der Waals surface area contributed by atoms with E-state index in [0.29, 0.717) is 18.2 Å². The number of piperazine rings is 1. The Morgan fingerprint density at radius 3 is 2.03 bits per heavy atom. The lowest BCUT2D eigenvalue weighted by atomic mass is 9.93. The molecule has 2 saturated heterocycles. The van der Waals surface area contributed by atoms with Gasteiger partial charge in [0.25, 0.3) is 0 Å². The van der Waals surface area contributed by atoms with Crippen LogP contribution in [0.25, 0.3) is 0 Å². The Morgan fingerprint density at radius 1 is 0.968 bits per heavy atom. The largest absolute Gasteiger partial charge is 0.337 e. The number of amides is 1. The standard InChI is InChI=1S/C25H31Cl2N3O/c1-18-17-29(14-15-30(18)24(31)16-19-10-12-28-13-11-19)25(20-2-6-22(26)7-3-20)21-4-8-23(27)9-5-21/h2-9,18-19,25,28H,10-17H2,1H3. The number of nitrogens with one attached hydrogen (secondary N) is 1.